The van der Waals surface area contributed by atoms with Crippen LogP contribution in [0.4, 0.5) is 0 Å². The summed E-state index contributed by atoms with van der Waals surface area (Å²) in [4.78, 5) is 41.4. The number of hydrogen-bond donors (Lipinski definition) is 0. The lowest BCUT2D eigenvalue weighted by Crippen LogP contribution is -2.53. The van der Waals surface area contributed by atoms with Crippen LogP contribution in [0.3, 0.4) is 0 Å². The standard InChI is InChI=1S/C25H31N5O2/c1-2-29-15-9-25(23(29)32)19-28(17-20-4-3-10-27-16-20)18-24(25)7-13-30(14-8-24)22(31)21-5-11-26-12-6-21/h3-6,10-12,16H,2,7-9,13-15,17-19H2,1H3. The molecule has 32 heavy (non-hydrogen) atoms. The van der Waals surface area contributed by atoms with Gasteiger partial charge in [-0.3, -0.25) is 24.5 Å². The third-order valence-electron chi connectivity index (χ3n) is 7.99. The van der Waals surface area contributed by atoms with E-state index in [1.807, 2.05) is 22.1 Å². The number of pyridine rings is 2. The van der Waals surface area contributed by atoms with Crippen molar-refractivity contribution in [1.29, 1.82) is 0 Å². The Morgan fingerprint density at radius 3 is 2.44 bits per heavy atom. The number of aromatic nitrogens is 2. The number of amides is 2. The van der Waals surface area contributed by atoms with Gasteiger partial charge >= 0.3 is 0 Å². The summed E-state index contributed by atoms with van der Waals surface area (Å²) in [5.41, 5.74) is 1.45. The number of piperidine rings is 1. The molecule has 0 N–H and O–H groups in total. The quantitative estimate of drug-likeness (QED) is 0.741. The van der Waals surface area contributed by atoms with Crippen LogP contribution in [0.2, 0.25) is 0 Å². The number of carbonyl (C=O) groups excluding carboxylic acids is 2. The monoisotopic (exact) mass is 433 g/mol. The molecule has 1 unspecified atom stereocenters. The van der Waals surface area contributed by atoms with Crippen molar-refractivity contribution in [1.82, 2.24) is 24.7 Å². The van der Waals surface area contributed by atoms with Crippen molar-refractivity contribution < 1.29 is 9.59 Å². The predicted molar refractivity (Wildman–Crippen MR) is 121 cm³/mol. The summed E-state index contributed by atoms with van der Waals surface area (Å²) in [5, 5.41) is 0. The minimum atomic E-state index is -0.336. The van der Waals surface area contributed by atoms with Gasteiger partial charge in [-0.05, 0) is 49.9 Å². The summed E-state index contributed by atoms with van der Waals surface area (Å²) in [6.07, 6.45) is 9.71. The molecule has 2 aromatic heterocycles. The largest absolute Gasteiger partial charge is 0.342 e. The highest BCUT2D eigenvalue weighted by atomic mass is 16.2. The van der Waals surface area contributed by atoms with Crippen molar-refractivity contribution in [2.75, 3.05) is 39.3 Å². The van der Waals surface area contributed by atoms with Gasteiger partial charge in [0.05, 0.1) is 5.41 Å². The van der Waals surface area contributed by atoms with Crippen molar-refractivity contribution in [3.05, 3.63) is 60.2 Å². The number of likely N-dealkylation sites (tertiary alicyclic amines) is 3. The zero-order valence-corrected chi connectivity index (χ0v) is 18.7. The molecule has 7 nitrogen and oxygen atoms in total. The van der Waals surface area contributed by atoms with E-state index in [1.54, 1.807) is 30.7 Å². The Kier molecular flexibility index (Phi) is 5.45. The van der Waals surface area contributed by atoms with Crippen LogP contribution >= 0.6 is 0 Å². The van der Waals surface area contributed by atoms with E-state index in [0.29, 0.717) is 24.6 Å². The Bertz CT molecular complexity index is 974. The first kappa shape index (κ1) is 21.1. The van der Waals surface area contributed by atoms with Gasteiger partial charge in [0.2, 0.25) is 5.91 Å². The van der Waals surface area contributed by atoms with Gasteiger partial charge in [-0.15, -0.1) is 0 Å². The van der Waals surface area contributed by atoms with E-state index in [0.717, 1.165) is 52.0 Å². The van der Waals surface area contributed by atoms with Crippen LogP contribution in [0.15, 0.2) is 49.1 Å². The Morgan fingerprint density at radius 2 is 1.78 bits per heavy atom. The molecule has 2 spiro atoms. The predicted octanol–water partition coefficient (Wildman–Crippen LogP) is 2.45. The minimum absolute atomic E-state index is 0.0643. The zero-order valence-electron chi connectivity index (χ0n) is 18.7. The number of carbonyl (C=O) groups is 2. The molecule has 5 rings (SSSR count). The first-order valence-electron chi connectivity index (χ1n) is 11.7. The molecule has 7 heteroatoms. The maximum absolute atomic E-state index is 13.7. The minimum Gasteiger partial charge on any atom is -0.342 e. The molecule has 3 saturated heterocycles. The highest BCUT2D eigenvalue weighted by molar-refractivity contribution is 5.94. The second kappa shape index (κ2) is 8.28. The maximum atomic E-state index is 13.7. The molecule has 3 fully saturated rings. The molecule has 3 aliphatic heterocycles. The summed E-state index contributed by atoms with van der Waals surface area (Å²) in [6, 6.07) is 7.63. The van der Waals surface area contributed by atoms with Gasteiger partial charge in [0, 0.05) is 81.6 Å². The van der Waals surface area contributed by atoms with Crippen LogP contribution < -0.4 is 0 Å². The van der Waals surface area contributed by atoms with E-state index >= 15 is 0 Å². The van der Waals surface area contributed by atoms with Gasteiger partial charge in [-0.2, -0.15) is 0 Å². The van der Waals surface area contributed by atoms with Gasteiger partial charge in [-0.1, -0.05) is 6.07 Å². The molecule has 2 amide bonds. The lowest BCUT2D eigenvalue weighted by molar-refractivity contribution is -0.141. The molecule has 0 aliphatic carbocycles. The Labute approximate surface area is 189 Å². The van der Waals surface area contributed by atoms with Crippen molar-refractivity contribution in [3.8, 4) is 0 Å². The van der Waals surface area contributed by atoms with Crippen LogP contribution in [-0.2, 0) is 11.3 Å². The SMILES string of the molecule is CCN1CCC2(CN(Cc3cccnc3)CC23CCN(C(=O)c2ccncc2)CC3)C1=O. The fraction of sp³-hybridized carbons (Fsp3) is 0.520. The van der Waals surface area contributed by atoms with E-state index in [9.17, 15) is 9.59 Å². The Balaban J connectivity index is 1.38. The van der Waals surface area contributed by atoms with Crippen LogP contribution in [-0.4, -0.2) is 75.8 Å². The molecule has 5 heterocycles. The van der Waals surface area contributed by atoms with E-state index in [1.165, 1.54) is 5.56 Å². The number of hydrogen-bond acceptors (Lipinski definition) is 5. The normalized spacial score (nSPS) is 25.2. The van der Waals surface area contributed by atoms with Gasteiger partial charge in [-0.25, -0.2) is 0 Å². The lowest BCUT2D eigenvalue weighted by Gasteiger charge is -2.47. The van der Waals surface area contributed by atoms with Crippen LogP contribution in [0, 0.1) is 10.8 Å². The third-order valence-corrected chi connectivity index (χ3v) is 7.99. The van der Waals surface area contributed by atoms with E-state index in [-0.39, 0.29) is 16.7 Å². The molecule has 0 saturated carbocycles. The van der Waals surface area contributed by atoms with Crippen LogP contribution in [0.5, 0.6) is 0 Å². The maximum Gasteiger partial charge on any atom is 0.253 e. The van der Waals surface area contributed by atoms with E-state index < -0.39 is 0 Å². The summed E-state index contributed by atoms with van der Waals surface area (Å²) in [5.74, 6) is 0.386. The molecule has 0 radical (unpaired) electrons. The van der Waals surface area contributed by atoms with Crippen molar-refractivity contribution >= 4 is 11.8 Å². The highest BCUT2D eigenvalue weighted by Gasteiger charge is 2.64. The van der Waals surface area contributed by atoms with E-state index in [2.05, 4.69) is 27.9 Å². The Morgan fingerprint density at radius 1 is 1.00 bits per heavy atom. The number of fused-ring (bicyclic) bond motifs is 1. The molecule has 168 valence electrons. The topological polar surface area (TPSA) is 69.6 Å². The first-order chi connectivity index (χ1) is 15.6. The fourth-order valence-corrected chi connectivity index (χ4v) is 6.28. The summed E-state index contributed by atoms with van der Waals surface area (Å²) >= 11 is 0. The molecular formula is C25H31N5O2. The highest BCUT2D eigenvalue weighted by Crippen LogP contribution is 2.58. The Hall–Kier alpha value is -2.80. The van der Waals surface area contributed by atoms with Crippen molar-refractivity contribution in [2.24, 2.45) is 10.8 Å². The van der Waals surface area contributed by atoms with Gasteiger partial charge in [0.15, 0.2) is 0 Å². The fourth-order valence-electron chi connectivity index (χ4n) is 6.28. The average Bonchev–Trinajstić information content (AvgIpc) is 3.32. The molecule has 0 bridgehead atoms. The molecule has 0 aromatic carbocycles. The molecular weight excluding hydrogens is 402 g/mol. The summed E-state index contributed by atoms with van der Waals surface area (Å²) < 4.78 is 0. The summed E-state index contributed by atoms with van der Waals surface area (Å²) in [6.45, 7) is 7.60. The molecule has 1 atom stereocenters. The second-order valence-corrected chi connectivity index (χ2v) is 9.53. The third kappa shape index (κ3) is 3.39. The number of nitrogens with zero attached hydrogens (tertiary/aromatic N) is 5. The smallest absolute Gasteiger partial charge is 0.253 e. The zero-order chi connectivity index (χ0) is 22.2. The first-order valence-corrected chi connectivity index (χ1v) is 11.7. The average molecular weight is 434 g/mol. The molecule has 3 aliphatic rings. The number of rotatable bonds is 4. The lowest BCUT2D eigenvalue weighted by atomic mass is 9.60. The van der Waals surface area contributed by atoms with Gasteiger partial charge in [0.25, 0.3) is 5.91 Å². The van der Waals surface area contributed by atoms with Gasteiger partial charge in [0.1, 0.15) is 0 Å². The van der Waals surface area contributed by atoms with Crippen LogP contribution in [0.1, 0.15) is 42.1 Å². The van der Waals surface area contributed by atoms with E-state index in [4.69, 9.17) is 0 Å². The van der Waals surface area contributed by atoms with Crippen molar-refractivity contribution in [3.63, 3.8) is 0 Å². The van der Waals surface area contributed by atoms with Gasteiger partial charge < -0.3 is 9.80 Å². The van der Waals surface area contributed by atoms with Crippen LogP contribution in [0.25, 0.3) is 0 Å². The molecule has 2 aromatic rings. The summed E-state index contributed by atoms with van der Waals surface area (Å²) in [7, 11) is 0. The second-order valence-electron chi connectivity index (χ2n) is 9.53. The van der Waals surface area contributed by atoms with Crippen molar-refractivity contribution in [2.45, 2.75) is 32.7 Å².